The maximum Gasteiger partial charge on any atom is 0.252 e. The van der Waals surface area contributed by atoms with Crippen LogP contribution in [0.5, 0.6) is 5.75 Å². The predicted molar refractivity (Wildman–Crippen MR) is 127 cm³/mol. The lowest BCUT2D eigenvalue weighted by atomic mass is 10.00. The molecule has 1 atom stereocenters. The first kappa shape index (κ1) is 21.9. The monoisotopic (exact) mass is 433 g/mol. The van der Waals surface area contributed by atoms with Gasteiger partial charge in [0.1, 0.15) is 5.75 Å². The first-order valence-corrected chi connectivity index (χ1v) is 11.0. The highest BCUT2D eigenvalue weighted by molar-refractivity contribution is 5.97. The number of phenols is 1. The molecule has 2 N–H and O–H groups in total. The van der Waals surface area contributed by atoms with Crippen molar-refractivity contribution in [1.29, 1.82) is 0 Å². The number of piperazine rings is 1. The van der Waals surface area contributed by atoms with Crippen LogP contribution in [-0.4, -0.2) is 58.9 Å². The number of aromatic nitrogens is 2. The number of likely N-dealkylation sites (N-methyl/N-ethyl adjacent to an activating group) is 1. The number of carbonyl (C=O) groups is 1. The molecule has 0 aliphatic carbocycles. The van der Waals surface area contributed by atoms with E-state index in [0.29, 0.717) is 11.1 Å². The summed E-state index contributed by atoms with van der Waals surface area (Å²) < 4.78 is 1.70. The van der Waals surface area contributed by atoms with E-state index in [9.17, 15) is 9.90 Å². The Labute approximate surface area is 189 Å². The van der Waals surface area contributed by atoms with Gasteiger partial charge >= 0.3 is 0 Å². The van der Waals surface area contributed by atoms with E-state index in [4.69, 9.17) is 0 Å². The smallest absolute Gasteiger partial charge is 0.252 e. The molecule has 3 aromatic rings. The van der Waals surface area contributed by atoms with E-state index in [2.05, 4.69) is 33.3 Å². The molecule has 2 aromatic carbocycles. The molecule has 1 fully saturated rings. The Morgan fingerprint density at radius 2 is 1.84 bits per heavy atom. The summed E-state index contributed by atoms with van der Waals surface area (Å²) in [5.41, 5.74) is 5.19. The highest BCUT2D eigenvalue weighted by Gasteiger charge is 2.19. The van der Waals surface area contributed by atoms with Crippen LogP contribution in [0.2, 0.25) is 0 Å². The number of carbonyl (C=O) groups excluding carboxylic acids is 1. The second kappa shape index (κ2) is 9.04. The normalized spacial score (nSPS) is 15.6. The Balaban J connectivity index is 1.52. The van der Waals surface area contributed by atoms with Crippen LogP contribution >= 0.6 is 0 Å². The number of amides is 1. The number of nitrogens with one attached hydrogen (secondary N) is 1. The molecule has 0 bridgehead atoms. The fraction of sp³-hybridized carbons (Fsp3) is 0.360. The van der Waals surface area contributed by atoms with E-state index < -0.39 is 0 Å². The Kier molecular flexibility index (Phi) is 6.19. The van der Waals surface area contributed by atoms with Crippen molar-refractivity contribution in [2.75, 3.05) is 38.1 Å². The second-order valence-corrected chi connectivity index (χ2v) is 8.66. The van der Waals surface area contributed by atoms with Gasteiger partial charge < -0.3 is 20.2 Å². The van der Waals surface area contributed by atoms with Crippen molar-refractivity contribution in [2.24, 2.45) is 7.05 Å². The van der Waals surface area contributed by atoms with E-state index in [1.165, 1.54) is 0 Å². The maximum absolute atomic E-state index is 13.2. The van der Waals surface area contributed by atoms with E-state index in [1.54, 1.807) is 16.9 Å². The Morgan fingerprint density at radius 3 is 2.53 bits per heavy atom. The van der Waals surface area contributed by atoms with Crippen molar-refractivity contribution >= 4 is 11.6 Å². The summed E-state index contributed by atoms with van der Waals surface area (Å²) in [5.74, 6) is 0.0954. The van der Waals surface area contributed by atoms with Crippen LogP contribution in [0.25, 0.3) is 11.1 Å². The fourth-order valence-corrected chi connectivity index (χ4v) is 4.09. The summed E-state index contributed by atoms with van der Waals surface area (Å²) >= 11 is 0. The van der Waals surface area contributed by atoms with Crippen LogP contribution in [0.4, 0.5) is 5.69 Å². The van der Waals surface area contributed by atoms with Crippen molar-refractivity contribution in [1.82, 2.24) is 20.0 Å². The van der Waals surface area contributed by atoms with Gasteiger partial charge in [0, 0.05) is 61.8 Å². The molecule has 0 unspecified atom stereocenters. The van der Waals surface area contributed by atoms with Gasteiger partial charge in [-0.1, -0.05) is 12.1 Å². The van der Waals surface area contributed by atoms with E-state index in [1.807, 2.05) is 51.4 Å². The lowest BCUT2D eigenvalue weighted by Gasteiger charge is -2.34. The molecule has 1 saturated heterocycles. The maximum atomic E-state index is 13.2. The number of hydrogen-bond acceptors (Lipinski definition) is 5. The lowest BCUT2D eigenvalue weighted by molar-refractivity contribution is 0.0939. The molecule has 7 nitrogen and oxygen atoms in total. The average Bonchev–Trinajstić information content (AvgIpc) is 3.21. The highest BCUT2D eigenvalue weighted by Crippen LogP contribution is 2.31. The van der Waals surface area contributed by atoms with Crippen molar-refractivity contribution < 1.29 is 9.90 Å². The van der Waals surface area contributed by atoms with Crippen molar-refractivity contribution in [2.45, 2.75) is 19.9 Å². The first-order chi connectivity index (χ1) is 15.3. The zero-order valence-electron chi connectivity index (χ0n) is 19.2. The van der Waals surface area contributed by atoms with Gasteiger partial charge in [0.05, 0.1) is 12.2 Å². The molecule has 1 amide bonds. The molecule has 168 valence electrons. The number of rotatable bonds is 5. The van der Waals surface area contributed by atoms with Crippen LogP contribution < -0.4 is 10.2 Å². The van der Waals surface area contributed by atoms with E-state index >= 15 is 0 Å². The van der Waals surface area contributed by atoms with Gasteiger partial charge in [-0.25, -0.2) is 0 Å². The van der Waals surface area contributed by atoms with Crippen molar-refractivity contribution in [3.63, 3.8) is 0 Å². The molecule has 1 aliphatic rings. The molecular weight excluding hydrogens is 402 g/mol. The van der Waals surface area contributed by atoms with Crippen LogP contribution in [0.1, 0.15) is 34.5 Å². The summed E-state index contributed by atoms with van der Waals surface area (Å²) in [4.78, 5) is 17.8. The fourth-order valence-electron chi connectivity index (χ4n) is 4.09. The average molecular weight is 434 g/mol. The summed E-state index contributed by atoms with van der Waals surface area (Å²) in [5, 5.41) is 17.6. The molecule has 7 heteroatoms. The van der Waals surface area contributed by atoms with Gasteiger partial charge in [-0.05, 0) is 56.3 Å². The van der Waals surface area contributed by atoms with Crippen LogP contribution in [0.15, 0.2) is 48.8 Å². The molecular formula is C25H31N5O2. The molecule has 0 spiro atoms. The number of nitrogens with zero attached hydrogens (tertiary/aromatic N) is 4. The minimum atomic E-state index is -0.217. The van der Waals surface area contributed by atoms with Crippen LogP contribution in [0.3, 0.4) is 0 Å². The van der Waals surface area contributed by atoms with Crippen LogP contribution in [-0.2, 0) is 7.05 Å². The number of anilines is 1. The van der Waals surface area contributed by atoms with Gasteiger partial charge in [-0.2, -0.15) is 5.10 Å². The largest absolute Gasteiger partial charge is 0.507 e. The molecule has 32 heavy (non-hydrogen) atoms. The van der Waals surface area contributed by atoms with Gasteiger partial charge in [-0.15, -0.1) is 0 Å². The first-order valence-electron chi connectivity index (χ1n) is 11.0. The summed E-state index contributed by atoms with van der Waals surface area (Å²) in [6.45, 7) is 7.88. The standard InChI is InChI=1S/C25H31N5O2/c1-17-5-7-21(30-11-9-28(3)10-12-30)14-22(17)25(32)27-18(2)19-6-8-24(31)23(13-19)20-15-26-29(4)16-20/h5-8,13-16,18,31H,9-12H2,1-4H3,(H,27,32)/t18-/m1/s1. The highest BCUT2D eigenvalue weighted by atomic mass is 16.3. The SMILES string of the molecule is Cc1ccc(N2CCN(C)CC2)cc1C(=O)N[C@H](C)c1ccc(O)c(-c2cnn(C)c2)c1. The zero-order valence-corrected chi connectivity index (χ0v) is 19.2. The van der Waals surface area contributed by atoms with Gasteiger partial charge in [-0.3, -0.25) is 9.48 Å². The van der Waals surface area contributed by atoms with Crippen molar-refractivity contribution in [3.8, 4) is 16.9 Å². The minimum absolute atomic E-state index is 0.0954. The topological polar surface area (TPSA) is 73.6 Å². The minimum Gasteiger partial charge on any atom is -0.507 e. The number of phenolic OH excluding ortho intramolecular Hbond substituents is 1. The number of hydrogen-bond donors (Lipinski definition) is 2. The summed E-state index contributed by atoms with van der Waals surface area (Å²) in [6.07, 6.45) is 3.57. The summed E-state index contributed by atoms with van der Waals surface area (Å²) in [7, 11) is 3.97. The lowest BCUT2D eigenvalue weighted by Crippen LogP contribution is -2.44. The number of benzene rings is 2. The quantitative estimate of drug-likeness (QED) is 0.646. The Bertz CT molecular complexity index is 1120. The molecule has 1 aromatic heterocycles. The Hall–Kier alpha value is -3.32. The van der Waals surface area contributed by atoms with Gasteiger partial charge in [0.15, 0.2) is 0 Å². The van der Waals surface area contributed by atoms with Crippen molar-refractivity contribution in [3.05, 3.63) is 65.5 Å². The van der Waals surface area contributed by atoms with Crippen LogP contribution in [0, 0.1) is 6.92 Å². The van der Waals surface area contributed by atoms with E-state index in [0.717, 1.165) is 48.6 Å². The molecule has 1 aliphatic heterocycles. The predicted octanol–water partition coefficient (Wildman–Crippen LogP) is 3.34. The van der Waals surface area contributed by atoms with E-state index in [-0.39, 0.29) is 17.7 Å². The molecule has 2 heterocycles. The number of aromatic hydroxyl groups is 1. The summed E-state index contributed by atoms with van der Waals surface area (Å²) in [6, 6.07) is 11.3. The van der Waals surface area contributed by atoms with Gasteiger partial charge in [0.2, 0.25) is 0 Å². The third kappa shape index (κ3) is 4.62. The molecule has 0 saturated carbocycles. The van der Waals surface area contributed by atoms with Gasteiger partial charge in [0.25, 0.3) is 5.91 Å². The zero-order chi connectivity index (χ0) is 22.8. The molecule has 4 rings (SSSR count). The number of aryl methyl sites for hydroxylation is 2. The second-order valence-electron chi connectivity index (χ2n) is 8.66. The third-order valence-electron chi connectivity index (χ3n) is 6.22. The Morgan fingerprint density at radius 1 is 1.09 bits per heavy atom. The molecule has 0 radical (unpaired) electrons. The third-order valence-corrected chi connectivity index (χ3v) is 6.22.